The van der Waals surface area contributed by atoms with Crippen LogP contribution in [0, 0.1) is 17.5 Å². The van der Waals surface area contributed by atoms with E-state index in [0.717, 1.165) is 18.4 Å². The van der Waals surface area contributed by atoms with Crippen LogP contribution in [-0.2, 0) is 0 Å². The van der Waals surface area contributed by atoms with Crippen LogP contribution >= 0.6 is 11.3 Å². The fraction of sp³-hybridized carbons (Fsp3) is 0.100. The predicted octanol–water partition coefficient (Wildman–Crippen LogP) is 4.80. The largest absolute Gasteiger partial charge is 0.497 e. The highest BCUT2D eigenvalue weighted by atomic mass is 32.1. The predicted molar refractivity (Wildman–Crippen MR) is 104 cm³/mol. The number of rotatable bonds is 6. The van der Waals surface area contributed by atoms with E-state index < -0.39 is 40.6 Å². The molecule has 0 aliphatic carbocycles. The van der Waals surface area contributed by atoms with E-state index >= 15 is 0 Å². The first-order valence-electron chi connectivity index (χ1n) is 8.30. The zero-order chi connectivity index (χ0) is 22.0. The average Bonchev–Trinajstić information content (AvgIpc) is 3.15. The van der Waals surface area contributed by atoms with Gasteiger partial charge in [0.15, 0.2) is 17.4 Å². The van der Waals surface area contributed by atoms with Gasteiger partial charge in [-0.25, -0.2) is 13.6 Å². The van der Waals surface area contributed by atoms with Crippen LogP contribution in [0.5, 0.6) is 11.5 Å². The van der Waals surface area contributed by atoms with Crippen LogP contribution in [0.3, 0.4) is 0 Å². The summed E-state index contributed by atoms with van der Waals surface area (Å²) in [4.78, 5) is 24.3. The van der Waals surface area contributed by atoms with Crippen LogP contribution in [0.1, 0.15) is 20.7 Å². The number of methoxy groups -OCH3 is 2. The molecular weight excluding hydrogens is 423 g/mol. The highest BCUT2D eigenvalue weighted by Crippen LogP contribution is 2.37. The number of carbonyl (C=O) groups is 2. The number of ether oxygens (including phenoxy) is 2. The number of aromatic carboxylic acids is 1. The van der Waals surface area contributed by atoms with Gasteiger partial charge in [0.05, 0.1) is 19.8 Å². The molecule has 0 bridgehead atoms. The van der Waals surface area contributed by atoms with Crippen LogP contribution in [0.2, 0.25) is 0 Å². The van der Waals surface area contributed by atoms with Crippen molar-refractivity contribution in [1.82, 2.24) is 0 Å². The minimum absolute atomic E-state index is 0.103. The molecule has 0 radical (unpaired) electrons. The van der Waals surface area contributed by atoms with Gasteiger partial charge in [0, 0.05) is 10.9 Å². The molecule has 0 atom stereocenters. The number of halogens is 3. The van der Waals surface area contributed by atoms with E-state index in [1.54, 1.807) is 24.3 Å². The molecule has 0 aliphatic heterocycles. The SMILES string of the molecule is COc1cccc(-c2csc(NC(=O)c3cc(F)c(F)c(OC)c3F)c2C(=O)O)c1. The molecule has 30 heavy (non-hydrogen) atoms. The van der Waals surface area contributed by atoms with E-state index in [1.165, 1.54) is 12.5 Å². The van der Waals surface area contributed by atoms with Gasteiger partial charge in [-0.05, 0) is 23.8 Å². The lowest BCUT2D eigenvalue weighted by molar-refractivity contribution is 0.0699. The maximum absolute atomic E-state index is 14.4. The smallest absolute Gasteiger partial charge is 0.339 e. The highest BCUT2D eigenvalue weighted by molar-refractivity contribution is 7.15. The van der Waals surface area contributed by atoms with Crippen LogP contribution in [0.25, 0.3) is 11.1 Å². The van der Waals surface area contributed by atoms with Crippen molar-refractivity contribution < 1.29 is 37.3 Å². The number of hydrogen-bond acceptors (Lipinski definition) is 5. The van der Waals surface area contributed by atoms with Crippen molar-refractivity contribution in [3.8, 4) is 22.6 Å². The van der Waals surface area contributed by atoms with Crippen molar-refractivity contribution in [1.29, 1.82) is 0 Å². The number of carboxylic acids is 1. The average molecular weight is 437 g/mol. The van der Waals surface area contributed by atoms with Crippen LogP contribution in [-0.4, -0.2) is 31.2 Å². The van der Waals surface area contributed by atoms with Crippen LogP contribution < -0.4 is 14.8 Å². The summed E-state index contributed by atoms with van der Waals surface area (Å²) < 4.78 is 51.3. The quantitative estimate of drug-likeness (QED) is 0.541. The zero-order valence-electron chi connectivity index (χ0n) is 15.6. The van der Waals surface area contributed by atoms with E-state index in [-0.39, 0.29) is 10.6 Å². The summed E-state index contributed by atoms with van der Waals surface area (Å²) in [7, 11) is 2.38. The van der Waals surface area contributed by atoms with Crippen molar-refractivity contribution in [2.45, 2.75) is 0 Å². The number of anilines is 1. The third-order valence-corrected chi connectivity index (χ3v) is 5.07. The van der Waals surface area contributed by atoms with Crippen molar-refractivity contribution in [2.75, 3.05) is 19.5 Å². The first-order chi connectivity index (χ1) is 14.3. The van der Waals surface area contributed by atoms with Gasteiger partial charge in [-0.15, -0.1) is 11.3 Å². The maximum Gasteiger partial charge on any atom is 0.339 e. The molecule has 0 saturated carbocycles. The lowest BCUT2D eigenvalue weighted by Crippen LogP contribution is -2.16. The molecule has 6 nitrogen and oxygen atoms in total. The molecule has 0 saturated heterocycles. The molecule has 1 aromatic heterocycles. The molecule has 0 unspecified atom stereocenters. The van der Waals surface area contributed by atoms with Gasteiger partial charge in [0.1, 0.15) is 16.3 Å². The first-order valence-corrected chi connectivity index (χ1v) is 9.18. The molecule has 1 amide bonds. The van der Waals surface area contributed by atoms with E-state index in [0.29, 0.717) is 22.9 Å². The van der Waals surface area contributed by atoms with Gasteiger partial charge in [0.25, 0.3) is 5.91 Å². The van der Waals surface area contributed by atoms with Crippen molar-refractivity contribution >= 4 is 28.2 Å². The second kappa shape index (κ2) is 8.46. The molecule has 156 valence electrons. The van der Waals surface area contributed by atoms with Gasteiger partial charge < -0.3 is 19.9 Å². The number of carbonyl (C=O) groups excluding carboxylic acids is 1. The number of hydrogen-bond donors (Lipinski definition) is 2. The Balaban J connectivity index is 2.02. The van der Waals surface area contributed by atoms with Crippen LogP contribution in [0.4, 0.5) is 18.2 Å². The lowest BCUT2D eigenvalue weighted by atomic mass is 10.0. The number of benzene rings is 2. The molecule has 3 aromatic rings. The third kappa shape index (κ3) is 3.81. The second-order valence-electron chi connectivity index (χ2n) is 5.91. The van der Waals surface area contributed by atoms with Gasteiger partial charge in [-0.1, -0.05) is 12.1 Å². The topological polar surface area (TPSA) is 84.9 Å². The van der Waals surface area contributed by atoms with Crippen molar-refractivity contribution in [3.63, 3.8) is 0 Å². The maximum atomic E-state index is 14.4. The Labute approximate surface area is 172 Å². The lowest BCUT2D eigenvalue weighted by Gasteiger charge is -2.10. The monoisotopic (exact) mass is 437 g/mol. The third-order valence-electron chi connectivity index (χ3n) is 4.18. The number of thiophene rings is 1. The minimum atomic E-state index is -1.57. The molecule has 2 aromatic carbocycles. The fourth-order valence-electron chi connectivity index (χ4n) is 2.76. The Morgan fingerprint density at radius 3 is 2.43 bits per heavy atom. The van der Waals surface area contributed by atoms with Crippen LogP contribution in [0.15, 0.2) is 35.7 Å². The molecular formula is C20H14F3NO5S. The first kappa shape index (κ1) is 21.2. The fourth-order valence-corrected chi connectivity index (χ4v) is 3.72. The van der Waals surface area contributed by atoms with E-state index in [9.17, 15) is 27.9 Å². The van der Waals surface area contributed by atoms with E-state index in [1.807, 2.05) is 0 Å². The molecule has 2 N–H and O–H groups in total. The molecule has 1 heterocycles. The Hall–Kier alpha value is -3.53. The molecule has 3 rings (SSSR count). The Morgan fingerprint density at radius 2 is 1.80 bits per heavy atom. The Kier molecular flexibility index (Phi) is 5.97. The van der Waals surface area contributed by atoms with Gasteiger partial charge in [-0.3, -0.25) is 4.79 Å². The molecule has 0 spiro atoms. The summed E-state index contributed by atoms with van der Waals surface area (Å²) in [5.41, 5.74) is -0.260. The molecule has 0 fully saturated rings. The number of amides is 1. The number of nitrogens with one attached hydrogen (secondary N) is 1. The van der Waals surface area contributed by atoms with Gasteiger partial charge in [0.2, 0.25) is 5.82 Å². The summed E-state index contributed by atoms with van der Waals surface area (Å²) in [6.45, 7) is 0. The molecule has 10 heteroatoms. The van der Waals surface area contributed by atoms with Gasteiger partial charge >= 0.3 is 5.97 Å². The minimum Gasteiger partial charge on any atom is -0.497 e. The summed E-state index contributed by atoms with van der Waals surface area (Å²) >= 11 is 0.884. The summed E-state index contributed by atoms with van der Waals surface area (Å²) in [5, 5.41) is 13.3. The Morgan fingerprint density at radius 1 is 1.07 bits per heavy atom. The van der Waals surface area contributed by atoms with Crippen molar-refractivity contribution in [2.24, 2.45) is 0 Å². The number of carboxylic acid groups (broad SMARTS) is 1. The van der Waals surface area contributed by atoms with Crippen molar-refractivity contribution in [3.05, 3.63) is 64.3 Å². The van der Waals surface area contributed by atoms with Gasteiger partial charge in [-0.2, -0.15) is 4.39 Å². The Bertz CT molecular complexity index is 1150. The standard InChI is InChI=1S/C20H14F3NO5S/c1-28-10-5-3-4-9(6-10)12-8-30-19(14(12)20(26)27)24-18(25)11-7-13(21)16(23)17(29-2)15(11)22/h3-8H,1-2H3,(H,24,25)(H,26,27). The summed E-state index contributed by atoms with van der Waals surface area (Å²) in [6.07, 6.45) is 0. The highest BCUT2D eigenvalue weighted by Gasteiger charge is 2.26. The summed E-state index contributed by atoms with van der Waals surface area (Å²) in [6, 6.07) is 6.99. The zero-order valence-corrected chi connectivity index (χ0v) is 16.4. The summed E-state index contributed by atoms with van der Waals surface area (Å²) in [5.74, 6) is -7.53. The van der Waals surface area contributed by atoms with E-state index in [4.69, 9.17) is 4.74 Å². The normalized spacial score (nSPS) is 10.6. The van der Waals surface area contributed by atoms with E-state index in [2.05, 4.69) is 10.1 Å². The second-order valence-corrected chi connectivity index (χ2v) is 6.79. The molecule has 0 aliphatic rings.